The predicted octanol–water partition coefficient (Wildman–Crippen LogP) is 1.44. The van der Waals surface area contributed by atoms with Gasteiger partial charge in [-0.3, -0.25) is 4.79 Å². The smallest absolute Gasteiger partial charge is 0.173 e. The zero-order chi connectivity index (χ0) is 18.5. The maximum Gasteiger partial charge on any atom is 0.173 e. The van der Waals surface area contributed by atoms with Gasteiger partial charge in [0.1, 0.15) is 6.54 Å². The Morgan fingerprint density at radius 1 is 1.07 bits per heavy atom. The zero-order valence-electron chi connectivity index (χ0n) is 15.8. The van der Waals surface area contributed by atoms with Gasteiger partial charge in [0.25, 0.3) is 0 Å². The van der Waals surface area contributed by atoms with Crippen molar-refractivity contribution in [3.8, 4) is 11.5 Å². The van der Waals surface area contributed by atoms with Crippen LogP contribution in [0.5, 0.6) is 11.5 Å². The van der Waals surface area contributed by atoms with Crippen molar-refractivity contribution in [1.29, 1.82) is 0 Å². The van der Waals surface area contributed by atoms with Crippen molar-refractivity contribution in [1.82, 2.24) is 0 Å². The maximum atomic E-state index is 12.6. The van der Waals surface area contributed by atoms with E-state index >= 15 is 0 Å². The number of carbonyl (C=O) groups excluding carboxylic acids is 1. The molecule has 0 fully saturated rings. The number of ketones is 1. The molecule has 0 N–H and O–H groups in total. The molecule has 0 atom stereocenters. The van der Waals surface area contributed by atoms with Gasteiger partial charge in [-0.15, -0.1) is 11.3 Å². The van der Waals surface area contributed by atoms with Crippen LogP contribution in [-0.2, 0) is 13.0 Å². The first-order valence-corrected chi connectivity index (χ1v) is 9.63. The molecule has 0 saturated heterocycles. The number of ether oxygens (including phenoxy) is 2. The van der Waals surface area contributed by atoms with Crippen LogP contribution in [0.25, 0.3) is 10.1 Å². The fourth-order valence-corrected chi connectivity index (χ4v) is 3.99. The molecule has 27 heavy (non-hydrogen) atoms. The molecule has 0 aliphatic carbocycles. The zero-order valence-corrected chi connectivity index (χ0v) is 18.2. The van der Waals surface area contributed by atoms with E-state index in [4.69, 9.17) is 9.47 Å². The Morgan fingerprint density at radius 3 is 2.37 bits per heavy atom. The lowest BCUT2D eigenvalue weighted by Gasteiger charge is -2.06. The number of hydrogen-bond donors (Lipinski definition) is 0. The summed E-state index contributed by atoms with van der Waals surface area (Å²) in [7, 11) is 3.24. The third kappa shape index (κ3) is 5.08. The van der Waals surface area contributed by atoms with Crippen molar-refractivity contribution in [3.63, 3.8) is 0 Å². The number of Topliss-reactive ketones (excluding diaryl/α,β-unsaturated/α-hetero) is 1. The first-order valence-electron chi connectivity index (χ1n) is 8.81. The van der Waals surface area contributed by atoms with Crippen molar-refractivity contribution in [2.75, 3.05) is 14.2 Å². The quantitative estimate of drug-likeness (QED) is 0.385. The van der Waals surface area contributed by atoms with Crippen LogP contribution >= 0.6 is 11.3 Å². The van der Waals surface area contributed by atoms with Crippen LogP contribution in [0.2, 0.25) is 0 Å². The Hall–Kier alpha value is -1.92. The number of methoxy groups -OCH3 is 2. The van der Waals surface area contributed by atoms with E-state index in [-0.39, 0.29) is 22.8 Å². The molecule has 6 heteroatoms. The Labute approximate surface area is 174 Å². The van der Waals surface area contributed by atoms with E-state index in [1.54, 1.807) is 14.2 Å². The van der Waals surface area contributed by atoms with E-state index in [0.717, 1.165) is 34.3 Å². The lowest BCUT2D eigenvalue weighted by Crippen LogP contribution is -3.00. The largest absolute Gasteiger partial charge is 1.00 e. The monoisotopic (exact) mass is 449 g/mol. The number of thiophene rings is 1. The van der Waals surface area contributed by atoms with Crippen molar-refractivity contribution in [3.05, 3.63) is 53.2 Å². The number of aryl methyl sites for hydroxylation is 2. The number of benzene rings is 1. The van der Waals surface area contributed by atoms with E-state index in [2.05, 4.69) is 36.0 Å². The Balaban J connectivity index is 0.00000261. The van der Waals surface area contributed by atoms with Crippen molar-refractivity contribution in [2.45, 2.75) is 32.7 Å². The number of carbonyl (C=O) groups is 1. The van der Waals surface area contributed by atoms with E-state index in [1.807, 2.05) is 18.2 Å². The second kappa shape index (κ2) is 9.85. The molecule has 144 valence electrons. The van der Waals surface area contributed by atoms with Crippen LogP contribution in [0.3, 0.4) is 0 Å². The molecule has 4 nitrogen and oxygen atoms in total. The first kappa shape index (κ1) is 21.4. The van der Waals surface area contributed by atoms with Gasteiger partial charge in [0.2, 0.25) is 0 Å². The van der Waals surface area contributed by atoms with Crippen LogP contribution in [-0.4, -0.2) is 20.0 Å². The van der Waals surface area contributed by atoms with Crippen molar-refractivity contribution < 1.29 is 35.8 Å². The van der Waals surface area contributed by atoms with Gasteiger partial charge in [-0.05, 0) is 29.5 Å². The van der Waals surface area contributed by atoms with Gasteiger partial charge in [0.05, 0.1) is 19.1 Å². The molecule has 0 spiro atoms. The standard InChI is InChI=1S/C21H24NO3S.BrH/c1-4-9-22-10-7-15(8-11-22)5-6-17(23)21-13-16-12-18(24-2)19(25-3)14-20(16)26-21;/h7-8,10-14H,4-6,9H2,1-3H3;1H/q+1;/p-1. The summed E-state index contributed by atoms with van der Waals surface area (Å²) in [5.74, 6) is 1.54. The molecule has 3 rings (SSSR count). The second-order valence-corrected chi connectivity index (χ2v) is 7.31. The molecule has 0 amide bonds. The van der Waals surface area contributed by atoms with Gasteiger partial charge in [-0.25, -0.2) is 4.57 Å². The number of halogens is 1. The van der Waals surface area contributed by atoms with Gasteiger partial charge in [0, 0.05) is 35.7 Å². The van der Waals surface area contributed by atoms with E-state index in [0.29, 0.717) is 17.9 Å². The molecule has 3 aromatic rings. The van der Waals surface area contributed by atoms with Crippen LogP contribution in [0.1, 0.15) is 35.0 Å². The molecule has 2 aromatic heterocycles. The van der Waals surface area contributed by atoms with Crippen LogP contribution in [0, 0.1) is 0 Å². The maximum absolute atomic E-state index is 12.6. The first-order chi connectivity index (χ1) is 12.6. The van der Waals surface area contributed by atoms with Gasteiger partial charge < -0.3 is 26.5 Å². The third-order valence-electron chi connectivity index (χ3n) is 4.38. The molecule has 1 aromatic carbocycles. The normalized spacial score (nSPS) is 10.5. The molecular weight excluding hydrogens is 426 g/mol. The average molecular weight is 450 g/mol. The highest BCUT2D eigenvalue weighted by molar-refractivity contribution is 7.20. The summed E-state index contributed by atoms with van der Waals surface area (Å²) < 4.78 is 13.9. The number of fused-ring (bicyclic) bond motifs is 1. The lowest BCUT2D eigenvalue weighted by molar-refractivity contribution is -0.697. The summed E-state index contributed by atoms with van der Waals surface area (Å²) in [6.07, 6.45) is 6.55. The summed E-state index contributed by atoms with van der Waals surface area (Å²) >= 11 is 1.51. The van der Waals surface area contributed by atoms with Crippen LogP contribution in [0.15, 0.2) is 42.7 Å². The average Bonchev–Trinajstić information content (AvgIpc) is 3.09. The molecule has 0 aliphatic heterocycles. The SMILES string of the molecule is CCC[n+]1ccc(CCC(=O)c2cc3cc(OC)c(OC)cc3s2)cc1.[Br-]. The highest BCUT2D eigenvalue weighted by Crippen LogP contribution is 2.36. The Kier molecular flexibility index (Phi) is 7.80. The number of nitrogens with zero attached hydrogens (tertiary/aromatic N) is 1. The molecular formula is C21H24BrNO3S. The van der Waals surface area contributed by atoms with E-state index in [1.165, 1.54) is 16.9 Å². The molecule has 0 radical (unpaired) electrons. The summed E-state index contributed by atoms with van der Waals surface area (Å²) in [6, 6.07) is 10.0. The molecule has 0 saturated carbocycles. The number of pyridine rings is 1. The lowest BCUT2D eigenvalue weighted by atomic mass is 10.1. The number of rotatable bonds is 8. The Morgan fingerprint density at radius 2 is 1.74 bits per heavy atom. The molecule has 0 bridgehead atoms. The minimum absolute atomic E-state index is 0. The third-order valence-corrected chi connectivity index (χ3v) is 5.52. The number of hydrogen-bond acceptors (Lipinski definition) is 4. The summed E-state index contributed by atoms with van der Waals surface area (Å²) in [5.41, 5.74) is 1.19. The fourth-order valence-electron chi connectivity index (χ4n) is 2.95. The molecule has 2 heterocycles. The van der Waals surface area contributed by atoms with Gasteiger partial charge in [0.15, 0.2) is 29.7 Å². The fraction of sp³-hybridized carbons (Fsp3) is 0.333. The second-order valence-electron chi connectivity index (χ2n) is 6.22. The van der Waals surface area contributed by atoms with Crippen molar-refractivity contribution in [2.24, 2.45) is 0 Å². The topological polar surface area (TPSA) is 39.4 Å². The van der Waals surface area contributed by atoms with E-state index in [9.17, 15) is 4.79 Å². The Bertz CT molecular complexity index is 865. The molecule has 0 aliphatic rings. The minimum Gasteiger partial charge on any atom is -1.00 e. The highest BCUT2D eigenvalue weighted by atomic mass is 79.9. The molecule has 0 unspecified atom stereocenters. The predicted molar refractivity (Wildman–Crippen MR) is 105 cm³/mol. The summed E-state index contributed by atoms with van der Waals surface area (Å²) in [6.45, 7) is 3.18. The van der Waals surface area contributed by atoms with Gasteiger partial charge >= 0.3 is 0 Å². The van der Waals surface area contributed by atoms with Crippen LogP contribution < -0.4 is 31.0 Å². The van der Waals surface area contributed by atoms with Gasteiger partial charge in [-0.2, -0.15) is 0 Å². The summed E-state index contributed by atoms with van der Waals surface area (Å²) in [4.78, 5) is 13.4. The highest BCUT2D eigenvalue weighted by Gasteiger charge is 2.14. The minimum atomic E-state index is 0. The van der Waals surface area contributed by atoms with Crippen LogP contribution in [0.4, 0.5) is 0 Å². The van der Waals surface area contributed by atoms with E-state index < -0.39 is 0 Å². The van der Waals surface area contributed by atoms with Gasteiger partial charge in [-0.1, -0.05) is 6.92 Å². The number of aromatic nitrogens is 1. The summed E-state index contributed by atoms with van der Waals surface area (Å²) in [5, 5.41) is 1.01. The van der Waals surface area contributed by atoms with Crippen molar-refractivity contribution >= 4 is 27.2 Å².